The number of hydrogen-bond donors (Lipinski definition) is 1. The molecule has 1 aliphatic rings. The molecule has 1 fully saturated rings. The summed E-state index contributed by atoms with van der Waals surface area (Å²) in [7, 11) is 0. The van der Waals surface area contributed by atoms with E-state index in [1.54, 1.807) is 0 Å². The molecule has 16 heavy (non-hydrogen) atoms. The average molecular weight is 221 g/mol. The molecule has 0 amide bonds. The van der Waals surface area contributed by atoms with Gasteiger partial charge in [-0.15, -0.1) is 0 Å². The van der Waals surface area contributed by atoms with Crippen LogP contribution in [0.1, 0.15) is 45.6 Å². The molecule has 1 aromatic rings. The third-order valence-electron chi connectivity index (χ3n) is 3.38. The summed E-state index contributed by atoms with van der Waals surface area (Å²) in [6.07, 6.45) is 9.22. The molecule has 1 aromatic heterocycles. The summed E-state index contributed by atoms with van der Waals surface area (Å²) in [6.45, 7) is 5.64. The summed E-state index contributed by atoms with van der Waals surface area (Å²) >= 11 is 0. The van der Waals surface area contributed by atoms with Crippen molar-refractivity contribution in [3.05, 3.63) is 18.5 Å². The van der Waals surface area contributed by atoms with Crippen LogP contribution in [-0.2, 0) is 0 Å². The lowest BCUT2D eigenvalue weighted by Crippen LogP contribution is -2.41. The third kappa shape index (κ3) is 2.85. The van der Waals surface area contributed by atoms with E-state index in [0.717, 1.165) is 12.5 Å². The van der Waals surface area contributed by atoms with Gasteiger partial charge in [0.2, 0.25) is 0 Å². The first-order chi connectivity index (χ1) is 7.77. The molecule has 3 nitrogen and oxygen atoms in total. The van der Waals surface area contributed by atoms with Crippen LogP contribution in [0.4, 0.5) is 0 Å². The molecular weight excluding hydrogens is 198 g/mol. The molecule has 90 valence electrons. The van der Waals surface area contributed by atoms with Crippen LogP contribution in [0.2, 0.25) is 0 Å². The Hall–Kier alpha value is -0.830. The standard InChI is InChI=1S/C13H23N3/c1-11(2)10-14-12-6-3-4-7-13(12)16-9-5-8-15-16/h5,8-9,11-14H,3-4,6-7,10H2,1-2H3. The van der Waals surface area contributed by atoms with Gasteiger partial charge >= 0.3 is 0 Å². The van der Waals surface area contributed by atoms with E-state index < -0.39 is 0 Å². The number of rotatable bonds is 4. The highest BCUT2D eigenvalue weighted by molar-refractivity contribution is 4.89. The molecule has 1 saturated carbocycles. The van der Waals surface area contributed by atoms with Crippen molar-refractivity contribution in [1.29, 1.82) is 0 Å². The van der Waals surface area contributed by atoms with Crippen LogP contribution in [0.15, 0.2) is 18.5 Å². The van der Waals surface area contributed by atoms with E-state index >= 15 is 0 Å². The molecule has 0 bridgehead atoms. The molecule has 0 saturated heterocycles. The second-order valence-electron chi connectivity index (χ2n) is 5.25. The zero-order valence-electron chi connectivity index (χ0n) is 10.4. The second kappa shape index (κ2) is 5.48. The van der Waals surface area contributed by atoms with Crippen LogP contribution in [-0.4, -0.2) is 22.4 Å². The predicted octanol–water partition coefficient (Wildman–Crippen LogP) is 2.61. The van der Waals surface area contributed by atoms with Crippen LogP contribution >= 0.6 is 0 Å². The van der Waals surface area contributed by atoms with E-state index in [9.17, 15) is 0 Å². The van der Waals surface area contributed by atoms with Crippen LogP contribution in [0.3, 0.4) is 0 Å². The highest BCUT2D eigenvalue weighted by Gasteiger charge is 2.26. The maximum absolute atomic E-state index is 4.39. The fraction of sp³-hybridized carbons (Fsp3) is 0.769. The fourth-order valence-electron chi connectivity index (χ4n) is 2.53. The molecule has 0 aliphatic heterocycles. The molecule has 1 heterocycles. The lowest BCUT2D eigenvalue weighted by atomic mass is 9.90. The van der Waals surface area contributed by atoms with Crippen molar-refractivity contribution in [3.8, 4) is 0 Å². The Kier molecular flexibility index (Phi) is 3.99. The topological polar surface area (TPSA) is 29.9 Å². The van der Waals surface area contributed by atoms with Crippen molar-refractivity contribution in [3.63, 3.8) is 0 Å². The van der Waals surface area contributed by atoms with Gasteiger partial charge in [-0.05, 0) is 31.4 Å². The number of nitrogens with zero attached hydrogens (tertiary/aromatic N) is 2. The zero-order chi connectivity index (χ0) is 11.4. The van der Waals surface area contributed by atoms with Crippen LogP contribution < -0.4 is 5.32 Å². The smallest absolute Gasteiger partial charge is 0.0672 e. The lowest BCUT2D eigenvalue weighted by Gasteiger charge is -2.33. The summed E-state index contributed by atoms with van der Waals surface area (Å²) in [5.41, 5.74) is 0. The van der Waals surface area contributed by atoms with Gasteiger partial charge in [0.1, 0.15) is 0 Å². The van der Waals surface area contributed by atoms with E-state index in [-0.39, 0.29) is 0 Å². The Morgan fingerprint density at radius 2 is 2.19 bits per heavy atom. The average Bonchev–Trinajstić information content (AvgIpc) is 2.80. The second-order valence-corrected chi connectivity index (χ2v) is 5.25. The summed E-state index contributed by atoms with van der Waals surface area (Å²) < 4.78 is 2.14. The molecule has 2 atom stereocenters. The van der Waals surface area contributed by atoms with Crippen molar-refractivity contribution < 1.29 is 0 Å². The van der Waals surface area contributed by atoms with Gasteiger partial charge in [-0.25, -0.2) is 0 Å². The Labute approximate surface area is 98.2 Å². The minimum absolute atomic E-state index is 0.558. The van der Waals surface area contributed by atoms with Crippen molar-refractivity contribution in [2.24, 2.45) is 5.92 Å². The molecule has 1 aliphatic carbocycles. The first-order valence-corrected chi connectivity index (χ1v) is 6.50. The van der Waals surface area contributed by atoms with E-state index in [4.69, 9.17) is 0 Å². The first kappa shape index (κ1) is 11.6. The minimum Gasteiger partial charge on any atom is -0.312 e. The maximum atomic E-state index is 4.39. The molecule has 2 rings (SSSR count). The molecule has 0 radical (unpaired) electrons. The van der Waals surface area contributed by atoms with Crippen molar-refractivity contribution in [2.75, 3.05) is 6.54 Å². The predicted molar refractivity (Wildman–Crippen MR) is 66.4 cm³/mol. The normalized spacial score (nSPS) is 26.2. The summed E-state index contributed by atoms with van der Waals surface area (Å²) in [5.74, 6) is 0.722. The minimum atomic E-state index is 0.558. The maximum Gasteiger partial charge on any atom is 0.0672 e. The van der Waals surface area contributed by atoms with Gasteiger partial charge in [-0.3, -0.25) is 4.68 Å². The zero-order valence-corrected chi connectivity index (χ0v) is 10.4. The summed E-state index contributed by atoms with van der Waals surface area (Å²) in [4.78, 5) is 0. The highest BCUT2D eigenvalue weighted by atomic mass is 15.3. The van der Waals surface area contributed by atoms with E-state index in [1.165, 1.54) is 25.7 Å². The van der Waals surface area contributed by atoms with Crippen molar-refractivity contribution in [1.82, 2.24) is 15.1 Å². The quantitative estimate of drug-likeness (QED) is 0.847. The van der Waals surface area contributed by atoms with Crippen molar-refractivity contribution in [2.45, 2.75) is 51.6 Å². The Morgan fingerprint density at radius 3 is 2.88 bits per heavy atom. The number of aromatic nitrogens is 2. The van der Waals surface area contributed by atoms with Gasteiger partial charge in [-0.1, -0.05) is 26.7 Å². The van der Waals surface area contributed by atoms with Gasteiger partial charge < -0.3 is 5.32 Å². The van der Waals surface area contributed by atoms with E-state index in [2.05, 4.69) is 35.1 Å². The largest absolute Gasteiger partial charge is 0.312 e. The number of nitrogens with one attached hydrogen (secondary N) is 1. The van der Waals surface area contributed by atoms with E-state index in [0.29, 0.717) is 12.1 Å². The van der Waals surface area contributed by atoms with Crippen LogP contribution in [0, 0.1) is 5.92 Å². The Morgan fingerprint density at radius 1 is 1.38 bits per heavy atom. The van der Waals surface area contributed by atoms with Crippen LogP contribution in [0.25, 0.3) is 0 Å². The molecule has 0 aromatic carbocycles. The first-order valence-electron chi connectivity index (χ1n) is 6.50. The molecule has 3 heteroatoms. The molecule has 1 N–H and O–H groups in total. The Balaban J connectivity index is 1.97. The van der Waals surface area contributed by atoms with Gasteiger partial charge in [0, 0.05) is 18.4 Å². The SMILES string of the molecule is CC(C)CNC1CCCCC1n1cccn1. The lowest BCUT2D eigenvalue weighted by molar-refractivity contribution is 0.241. The summed E-state index contributed by atoms with van der Waals surface area (Å²) in [5, 5.41) is 8.09. The third-order valence-corrected chi connectivity index (χ3v) is 3.38. The molecule has 0 spiro atoms. The van der Waals surface area contributed by atoms with Gasteiger partial charge in [0.15, 0.2) is 0 Å². The molecule has 2 unspecified atom stereocenters. The Bertz CT molecular complexity index is 292. The number of hydrogen-bond acceptors (Lipinski definition) is 2. The van der Waals surface area contributed by atoms with Gasteiger partial charge in [-0.2, -0.15) is 5.10 Å². The highest BCUT2D eigenvalue weighted by Crippen LogP contribution is 2.28. The fourth-order valence-corrected chi connectivity index (χ4v) is 2.53. The van der Waals surface area contributed by atoms with Crippen LogP contribution in [0.5, 0.6) is 0 Å². The molecular formula is C13H23N3. The van der Waals surface area contributed by atoms with E-state index in [1.807, 2.05) is 12.3 Å². The van der Waals surface area contributed by atoms with Gasteiger partial charge in [0.25, 0.3) is 0 Å². The van der Waals surface area contributed by atoms with Gasteiger partial charge in [0.05, 0.1) is 6.04 Å². The summed E-state index contributed by atoms with van der Waals surface area (Å²) in [6, 6.07) is 3.19. The van der Waals surface area contributed by atoms with Crippen molar-refractivity contribution >= 4 is 0 Å². The monoisotopic (exact) mass is 221 g/mol.